The molecule has 0 heterocycles. The molecule has 2 rings (SSSR count). The Morgan fingerprint density at radius 2 is 1.23 bits per heavy atom. The lowest BCUT2D eigenvalue weighted by atomic mass is 9.89. The smallest absolute Gasteiger partial charge is 0.0660 e. The van der Waals surface area contributed by atoms with Crippen LogP contribution in [-0.2, 0) is 10.4 Å². The van der Waals surface area contributed by atoms with Crippen molar-refractivity contribution in [2.75, 3.05) is 7.11 Å². The van der Waals surface area contributed by atoms with Crippen molar-refractivity contribution in [3.63, 3.8) is 0 Å². The van der Waals surface area contributed by atoms with E-state index in [0.717, 1.165) is 0 Å². The molecule has 2 aromatic rings. The molecule has 0 aliphatic rings. The highest BCUT2D eigenvalue weighted by Crippen LogP contribution is 2.34. The SMILES string of the molecule is CON(C(C)(C)C)C(C)(C)c1ccc(-c2ccccc2)cc1. The minimum absolute atomic E-state index is 0.0731. The summed E-state index contributed by atoms with van der Waals surface area (Å²) in [5.41, 5.74) is 3.44. The number of benzene rings is 2. The van der Waals surface area contributed by atoms with Crippen LogP contribution in [-0.4, -0.2) is 17.7 Å². The van der Waals surface area contributed by atoms with E-state index in [4.69, 9.17) is 4.84 Å². The van der Waals surface area contributed by atoms with Gasteiger partial charge in [0.25, 0.3) is 0 Å². The van der Waals surface area contributed by atoms with Crippen molar-refractivity contribution in [3.05, 3.63) is 60.2 Å². The topological polar surface area (TPSA) is 12.5 Å². The Hall–Kier alpha value is -1.64. The summed E-state index contributed by atoms with van der Waals surface area (Å²) in [4.78, 5) is 5.68. The highest BCUT2D eigenvalue weighted by molar-refractivity contribution is 5.63. The third-order valence-corrected chi connectivity index (χ3v) is 4.00. The van der Waals surface area contributed by atoms with Crippen LogP contribution >= 0.6 is 0 Å². The normalized spacial score (nSPS) is 12.7. The van der Waals surface area contributed by atoms with E-state index >= 15 is 0 Å². The second kappa shape index (κ2) is 6.23. The van der Waals surface area contributed by atoms with Crippen LogP contribution in [0.2, 0.25) is 0 Å². The lowest BCUT2D eigenvalue weighted by Crippen LogP contribution is -2.51. The molecule has 0 bridgehead atoms. The molecule has 22 heavy (non-hydrogen) atoms. The summed E-state index contributed by atoms with van der Waals surface area (Å²) in [6, 6.07) is 19.2. The van der Waals surface area contributed by atoms with E-state index in [1.807, 2.05) is 6.07 Å². The fourth-order valence-electron chi connectivity index (χ4n) is 3.16. The van der Waals surface area contributed by atoms with Gasteiger partial charge in [0, 0.05) is 5.54 Å². The molecule has 0 fully saturated rings. The van der Waals surface area contributed by atoms with Crippen LogP contribution in [0.25, 0.3) is 11.1 Å². The highest BCUT2D eigenvalue weighted by atomic mass is 16.7. The van der Waals surface area contributed by atoms with Crippen molar-refractivity contribution in [2.24, 2.45) is 0 Å². The van der Waals surface area contributed by atoms with Gasteiger partial charge >= 0.3 is 0 Å². The second-order valence-corrected chi connectivity index (χ2v) is 7.15. The summed E-state index contributed by atoms with van der Waals surface area (Å²) in [6.07, 6.45) is 0. The molecule has 2 heteroatoms. The van der Waals surface area contributed by atoms with Gasteiger partial charge in [-0.25, -0.2) is 0 Å². The van der Waals surface area contributed by atoms with Gasteiger partial charge in [0.05, 0.1) is 12.6 Å². The minimum Gasteiger partial charge on any atom is -0.301 e. The molecule has 2 aromatic carbocycles. The molecule has 0 atom stereocenters. The van der Waals surface area contributed by atoms with E-state index in [9.17, 15) is 0 Å². The first-order valence-corrected chi connectivity index (χ1v) is 7.77. The summed E-state index contributed by atoms with van der Waals surface area (Å²) in [5, 5.41) is 2.05. The lowest BCUT2D eigenvalue weighted by molar-refractivity contribution is -0.246. The predicted octanol–water partition coefficient (Wildman–Crippen LogP) is 5.25. The maximum atomic E-state index is 5.68. The van der Waals surface area contributed by atoms with Gasteiger partial charge in [0.2, 0.25) is 0 Å². The van der Waals surface area contributed by atoms with E-state index in [1.54, 1.807) is 7.11 Å². The first-order valence-electron chi connectivity index (χ1n) is 7.77. The van der Waals surface area contributed by atoms with Crippen LogP contribution < -0.4 is 0 Å². The van der Waals surface area contributed by atoms with Crippen LogP contribution in [0.1, 0.15) is 40.2 Å². The Morgan fingerprint density at radius 3 is 1.68 bits per heavy atom. The molecule has 118 valence electrons. The minimum atomic E-state index is -0.206. The Kier molecular flexibility index (Phi) is 4.74. The molecule has 0 N–H and O–H groups in total. The molecule has 0 radical (unpaired) electrons. The second-order valence-electron chi connectivity index (χ2n) is 7.15. The van der Waals surface area contributed by atoms with E-state index in [2.05, 4.69) is 88.2 Å². The number of nitrogens with zero attached hydrogens (tertiary/aromatic N) is 1. The molecular weight excluding hydrogens is 270 g/mol. The standard InChI is InChI=1S/C20H27NO/c1-19(2,3)21(22-6)20(4,5)18-14-12-17(13-15-18)16-10-8-7-9-11-16/h7-15H,1-6H3. The summed E-state index contributed by atoms with van der Waals surface area (Å²) in [7, 11) is 1.74. The zero-order valence-corrected chi connectivity index (χ0v) is 14.6. The van der Waals surface area contributed by atoms with Crippen LogP contribution in [0.5, 0.6) is 0 Å². The molecule has 0 saturated heterocycles. The monoisotopic (exact) mass is 297 g/mol. The molecule has 0 aromatic heterocycles. The molecule has 0 unspecified atom stereocenters. The zero-order chi connectivity index (χ0) is 16.4. The molecular formula is C20H27NO. The van der Waals surface area contributed by atoms with Gasteiger partial charge in [-0.2, -0.15) is 5.06 Å². The largest absolute Gasteiger partial charge is 0.301 e. The number of hydrogen-bond acceptors (Lipinski definition) is 2. The van der Waals surface area contributed by atoms with Crippen molar-refractivity contribution in [3.8, 4) is 11.1 Å². The number of rotatable bonds is 4. The average molecular weight is 297 g/mol. The van der Waals surface area contributed by atoms with E-state index < -0.39 is 0 Å². The third kappa shape index (κ3) is 3.40. The summed E-state index contributed by atoms with van der Waals surface area (Å²) >= 11 is 0. The summed E-state index contributed by atoms with van der Waals surface area (Å²) in [6.45, 7) is 10.9. The van der Waals surface area contributed by atoms with Gasteiger partial charge < -0.3 is 4.84 Å². The summed E-state index contributed by atoms with van der Waals surface area (Å²) in [5.74, 6) is 0. The van der Waals surface area contributed by atoms with E-state index in [1.165, 1.54) is 16.7 Å². The Labute approximate surface area is 134 Å². The predicted molar refractivity (Wildman–Crippen MR) is 93.5 cm³/mol. The Morgan fingerprint density at radius 1 is 0.727 bits per heavy atom. The van der Waals surface area contributed by atoms with Crippen LogP contribution in [0.15, 0.2) is 54.6 Å². The fraction of sp³-hybridized carbons (Fsp3) is 0.400. The lowest BCUT2D eigenvalue weighted by Gasteiger charge is -2.45. The van der Waals surface area contributed by atoms with E-state index in [-0.39, 0.29) is 11.1 Å². The van der Waals surface area contributed by atoms with E-state index in [0.29, 0.717) is 0 Å². The number of hydroxylamine groups is 2. The molecule has 0 aliphatic heterocycles. The maximum Gasteiger partial charge on any atom is 0.0660 e. The van der Waals surface area contributed by atoms with Crippen LogP contribution in [0.4, 0.5) is 0 Å². The summed E-state index contributed by atoms with van der Waals surface area (Å²) < 4.78 is 0. The average Bonchev–Trinajstić information content (AvgIpc) is 2.47. The van der Waals surface area contributed by atoms with Gasteiger partial charge in [0.1, 0.15) is 0 Å². The molecule has 0 aliphatic carbocycles. The van der Waals surface area contributed by atoms with Crippen LogP contribution in [0, 0.1) is 0 Å². The van der Waals surface area contributed by atoms with Crippen molar-refractivity contribution >= 4 is 0 Å². The molecule has 0 saturated carbocycles. The van der Waals surface area contributed by atoms with Gasteiger partial charge in [-0.1, -0.05) is 54.6 Å². The van der Waals surface area contributed by atoms with Crippen molar-refractivity contribution in [2.45, 2.75) is 45.7 Å². The van der Waals surface area contributed by atoms with Gasteiger partial charge in [0.15, 0.2) is 0 Å². The van der Waals surface area contributed by atoms with Crippen molar-refractivity contribution in [1.29, 1.82) is 0 Å². The van der Waals surface area contributed by atoms with Crippen molar-refractivity contribution in [1.82, 2.24) is 5.06 Å². The maximum absolute atomic E-state index is 5.68. The fourth-order valence-corrected chi connectivity index (χ4v) is 3.16. The zero-order valence-electron chi connectivity index (χ0n) is 14.6. The van der Waals surface area contributed by atoms with Crippen molar-refractivity contribution < 1.29 is 4.84 Å². The van der Waals surface area contributed by atoms with Crippen LogP contribution in [0.3, 0.4) is 0 Å². The van der Waals surface area contributed by atoms with Gasteiger partial charge in [-0.15, -0.1) is 0 Å². The quantitative estimate of drug-likeness (QED) is 0.715. The first-order chi connectivity index (χ1) is 10.3. The highest BCUT2D eigenvalue weighted by Gasteiger charge is 2.36. The molecule has 2 nitrogen and oxygen atoms in total. The third-order valence-electron chi connectivity index (χ3n) is 4.00. The number of hydrogen-bond donors (Lipinski definition) is 0. The first kappa shape index (κ1) is 16.7. The molecule has 0 amide bonds. The van der Waals surface area contributed by atoms with Gasteiger partial charge in [-0.3, -0.25) is 0 Å². The molecule has 0 spiro atoms. The Balaban J connectivity index is 2.33. The van der Waals surface area contributed by atoms with Gasteiger partial charge in [-0.05, 0) is 51.3 Å². The Bertz CT molecular complexity index is 594.